The molecule has 0 aliphatic rings. The lowest BCUT2D eigenvalue weighted by molar-refractivity contribution is -0.151. The van der Waals surface area contributed by atoms with Gasteiger partial charge in [-0.2, -0.15) is 0 Å². The predicted molar refractivity (Wildman–Crippen MR) is 94.4 cm³/mol. The highest BCUT2D eigenvalue weighted by atomic mass is 31.2. The van der Waals surface area contributed by atoms with Crippen molar-refractivity contribution in [2.75, 3.05) is 13.2 Å². The second kappa shape index (κ2) is 9.13. The van der Waals surface area contributed by atoms with Crippen molar-refractivity contribution in [2.24, 2.45) is 0 Å². The molecule has 0 spiro atoms. The molecule has 0 aliphatic carbocycles. The Morgan fingerprint density at radius 1 is 1.12 bits per heavy atom. The molecule has 0 heterocycles. The number of esters is 1. The summed E-state index contributed by atoms with van der Waals surface area (Å²) in [5, 5.41) is 0.522. The Labute approximate surface area is 148 Å². The summed E-state index contributed by atoms with van der Waals surface area (Å²) in [7, 11) is -4.03. The monoisotopic (exact) mass is 371 g/mol. The molecular weight excluding hydrogens is 345 g/mol. The zero-order valence-electron chi connectivity index (χ0n) is 15.3. The molecule has 1 aromatic rings. The van der Waals surface area contributed by atoms with Gasteiger partial charge < -0.3 is 19.1 Å². The average molecular weight is 371 g/mol. The zero-order chi connectivity index (χ0) is 19.1. The number of rotatable bonds is 9. The molecule has 7 nitrogen and oxygen atoms in total. The van der Waals surface area contributed by atoms with Crippen molar-refractivity contribution in [3.63, 3.8) is 0 Å². The van der Waals surface area contributed by atoms with Gasteiger partial charge in [0.2, 0.25) is 5.28 Å². The van der Waals surface area contributed by atoms with Gasteiger partial charge in [-0.05, 0) is 46.8 Å². The van der Waals surface area contributed by atoms with E-state index in [9.17, 15) is 14.2 Å². The third-order valence-electron chi connectivity index (χ3n) is 3.28. The molecule has 0 aromatic heterocycles. The minimum absolute atomic E-state index is 0.0447. The van der Waals surface area contributed by atoms with E-state index < -0.39 is 30.9 Å². The second-order valence-corrected chi connectivity index (χ2v) is 8.09. The summed E-state index contributed by atoms with van der Waals surface area (Å²) < 4.78 is 29.1. The molecule has 0 fully saturated rings. The van der Waals surface area contributed by atoms with Crippen LogP contribution in [0.3, 0.4) is 0 Å². The quantitative estimate of drug-likeness (QED) is 0.529. The van der Waals surface area contributed by atoms with Gasteiger partial charge in [0, 0.05) is 5.56 Å². The summed E-state index contributed by atoms with van der Waals surface area (Å²) in [6.07, 6.45) is -0.461. The van der Waals surface area contributed by atoms with Crippen LogP contribution < -0.4 is 5.32 Å². The molecule has 1 aromatic carbocycles. The first-order valence-electron chi connectivity index (χ1n) is 8.18. The van der Waals surface area contributed by atoms with Crippen LogP contribution in [0, 0.1) is 0 Å². The zero-order valence-corrected chi connectivity index (χ0v) is 16.2. The average Bonchev–Trinajstić information content (AvgIpc) is 2.55. The molecule has 25 heavy (non-hydrogen) atoms. The maximum Gasteiger partial charge on any atom is 0.367 e. The maximum atomic E-state index is 13.3. The van der Waals surface area contributed by atoms with E-state index in [1.54, 1.807) is 58.0 Å². The molecule has 0 saturated heterocycles. The van der Waals surface area contributed by atoms with Crippen LogP contribution >= 0.6 is 7.60 Å². The van der Waals surface area contributed by atoms with Crippen molar-refractivity contribution in [3.05, 3.63) is 35.9 Å². The van der Waals surface area contributed by atoms with Crippen LogP contribution in [0.2, 0.25) is 0 Å². The summed E-state index contributed by atoms with van der Waals surface area (Å²) in [6.45, 7) is 7.95. The molecule has 1 unspecified atom stereocenters. The Morgan fingerprint density at radius 3 is 2.08 bits per heavy atom. The van der Waals surface area contributed by atoms with Gasteiger partial charge >= 0.3 is 13.6 Å². The van der Waals surface area contributed by atoms with Gasteiger partial charge in [-0.25, -0.2) is 4.79 Å². The Bertz CT molecular complexity index is 623. The summed E-state index contributed by atoms with van der Waals surface area (Å²) in [5.41, 5.74) is 0.311. The van der Waals surface area contributed by atoms with E-state index in [1.165, 1.54) is 6.92 Å². The van der Waals surface area contributed by atoms with Crippen molar-refractivity contribution in [2.45, 2.75) is 46.0 Å². The SMILES string of the molecule is CCOP(=O)(OCC)C(C)(NC(=O)c1ccccc1)C(=O)OC(C)C. The van der Waals surface area contributed by atoms with Crippen LogP contribution in [0.5, 0.6) is 0 Å². The largest absolute Gasteiger partial charge is 0.461 e. The minimum Gasteiger partial charge on any atom is -0.461 e. The van der Waals surface area contributed by atoms with E-state index in [2.05, 4.69) is 5.32 Å². The summed E-state index contributed by atoms with van der Waals surface area (Å²) >= 11 is 0. The fourth-order valence-corrected chi connectivity index (χ4v) is 3.86. The number of carbonyl (C=O) groups excluding carboxylic acids is 2. The fraction of sp³-hybridized carbons (Fsp3) is 0.529. The van der Waals surface area contributed by atoms with Gasteiger partial charge in [0.15, 0.2) is 0 Å². The highest BCUT2D eigenvalue weighted by molar-refractivity contribution is 7.56. The van der Waals surface area contributed by atoms with Gasteiger partial charge in [0.1, 0.15) is 0 Å². The number of nitrogens with one attached hydrogen (secondary N) is 1. The lowest BCUT2D eigenvalue weighted by Gasteiger charge is -2.34. The van der Waals surface area contributed by atoms with E-state index in [4.69, 9.17) is 13.8 Å². The van der Waals surface area contributed by atoms with Crippen LogP contribution in [0.1, 0.15) is 45.0 Å². The number of carbonyl (C=O) groups is 2. The van der Waals surface area contributed by atoms with Crippen LogP contribution in [0.15, 0.2) is 30.3 Å². The second-order valence-electron chi connectivity index (χ2n) is 5.68. The van der Waals surface area contributed by atoms with Gasteiger partial charge in [0.05, 0.1) is 19.3 Å². The molecule has 0 aliphatic heterocycles. The summed E-state index contributed by atoms with van der Waals surface area (Å²) in [6, 6.07) is 8.28. The molecule has 1 rings (SSSR count). The van der Waals surface area contributed by atoms with E-state index in [0.717, 1.165) is 0 Å². The van der Waals surface area contributed by atoms with Crippen LogP contribution in [-0.4, -0.2) is 36.5 Å². The molecule has 1 amide bonds. The highest BCUT2D eigenvalue weighted by Crippen LogP contribution is 2.59. The standard InChI is InChI=1S/C17H26NO6P/c1-6-22-25(21,23-7-2)17(5,16(20)24-13(3)4)18-15(19)14-11-9-8-10-12-14/h8-13H,6-7H2,1-5H3,(H,18,19). The van der Waals surface area contributed by atoms with Crippen molar-refractivity contribution in [1.29, 1.82) is 0 Å². The predicted octanol–water partition coefficient (Wildman–Crippen LogP) is 3.35. The lowest BCUT2D eigenvalue weighted by atomic mass is 10.2. The Hall–Kier alpha value is -1.69. The molecule has 0 bridgehead atoms. The van der Waals surface area contributed by atoms with E-state index in [1.807, 2.05) is 0 Å². The van der Waals surface area contributed by atoms with Crippen molar-refractivity contribution >= 4 is 19.5 Å². The van der Waals surface area contributed by atoms with Gasteiger partial charge in [-0.3, -0.25) is 9.36 Å². The van der Waals surface area contributed by atoms with Crippen molar-refractivity contribution < 1.29 is 27.9 Å². The van der Waals surface area contributed by atoms with Gasteiger partial charge in [-0.1, -0.05) is 18.2 Å². The molecule has 8 heteroatoms. The molecule has 1 N–H and O–H groups in total. The van der Waals surface area contributed by atoms with Gasteiger partial charge in [-0.15, -0.1) is 0 Å². The van der Waals surface area contributed by atoms with E-state index >= 15 is 0 Å². The Balaban J connectivity index is 3.29. The number of ether oxygens (including phenoxy) is 1. The van der Waals surface area contributed by atoms with Gasteiger partial charge in [0.25, 0.3) is 5.91 Å². The first-order valence-corrected chi connectivity index (χ1v) is 9.72. The smallest absolute Gasteiger partial charge is 0.367 e. The maximum absolute atomic E-state index is 13.3. The number of benzene rings is 1. The summed E-state index contributed by atoms with van der Waals surface area (Å²) in [5.74, 6) is -1.46. The Morgan fingerprint density at radius 2 is 1.64 bits per heavy atom. The fourth-order valence-electron chi connectivity index (χ4n) is 2.08. The first-order chi connectivity index (χ1) is 11.7. The molecular formula is C17H26NO6P. The normalized spacial score (nSPS) is 14.0. The topological polar surface area (TPSA) is 90.9 Å². The third-order valence-corrected chi connectivity index (χ3v) is 5.87. The van der Waals surface area contributed by atoms with Crippen LogP contribution in [-0.2, 0) is 23.1 Å². The summed E-state index contributed by atoms with van der Waals surface area (Å²) in [4.78, 5) is 25.2. The highest BCUT2D eigenvalue weighted by Gasteiger charge is 2.56. The van der Waals surface area contributed by atoms with Crippen LogP contribution in [0.25, 0.3) is 0 Å². The van der Waals surface area contributed by atoms with E-state index in [-0.39, 0.29) is 13.2 Å². The molecule has 1 atom stereocenters. The van der Waals surface area contributed by atoms with Crippen molar-refractivity contribution in [3.8, 4) is 0 Å². The Kier molecular flexibility index (Phi) is 7.80. The molecule has 0 saturated carbocycles. The molecule has 140 valence electrons. The third kappa shape index (κ3) is 5.14. The van der Waals surface area contributed by atoms with Crippen molar-refractivity contribution in [1.82, 2.24) is 5.32 Å². The minimum atomic E-state index is -4.03. The number of hydrogen-bond acceptors (Lipinski definition) is 6. The number of hydrogen-bond donors (Lipinski definition) is 1. The van der Waals surface area contributed by atoms with Crippen LogP contribution in [0.4, 0.5) is 0 Å². The number of amides is 1. The first kappa shape index (κ1) is 21.4. The lowest BCUT2D eigenvalue weighted by Crippen LogP contribution is -2.54. The molecule has 0 radical (unpaired) electrons. The van der Waals surface area contributed by atoms with E-state index in [0.29, 0.717) is 5.56 Å².